The highest BCUT2D eigenvalue weighted by atomic mass is 32.2. The van der Waals surface area contributed by atoms with Crippen LogP contribution in [0, 0.1) is 0 Å². The average Bonchev–Trinajstić information content (AvgIpc) is 2.38. The second kappa shape index (κ2) is 6.24. The fourth-order valence-corrected chi connectivity index (χ4v) is 4.72. The molecule has 2 fully saturated rings. The van der Waals surface area contributed by atoms with Crippen molar-refractivity contribution in [2.45, 2.75) is 18.9 Å². The molecule has 0 amide bonds. The maximum atomic E-state index is 12.2. The number of ether oxygens (including phenoxy) is 1. The van der Waals surface area contributed by atoms with E-state index in [1.165, 1.54) is 8.61 Å². The predicted molar refractivity (Wildman–Crippen MR) is 73.9 cm³/mol. The molecule has 0 aromatic heterocycles. The lowest BCUT2D eigenvalue weighted by Crippen LogP contribution is -2.54. The molecule has 0 bridgehead atoms. The summed E-state index contributed by atoms with van der Waals surface area (Å²) >= 11 is 0. The van der Waals surface area contributed by atoms with E-state index in [1.54, 1.807) is 0 Å². The molecule has 8 nitrogen and oxygen atoms in total. The zero-order valence-corrected chi connectivity index (χ0v) is 13.1. The lowest BCUT2D eigenvalue weighted by atomic mass is 10.1. The number of piperidine rings is 1. The quantitative estimate of drug-likeness (QED) is 0.683. The Morgan fingerprint density at radius 2 is 1.70 bits per heavy atom. The molecule has 0 aromatic carbocycles. The first-order valence-electron chi connectivity index (χ1n) is 6.59. The summed E-state index contributed by atoms with van der Waals surface area (Å²) in [6.07, 6.45) is 2.45. The molecule has 2 saturated heterocycles. The van der Waals surface area contributed by atoms with Gasteiger partial charge >= 0.3 is 0 Å². The number of nitrogens with zero attached hydrogens (tertiary/aromatic N) is 2. The summed E-state index contributed by atoms with van der Waals surface area (Å²) in [5.74, 6) is 0. The van der Waals surface area contributed by atoms with Crippen LogP contribution in [0.1, 0.15) is 12.8 Å². The molecule has 2 heterocycles. The molecule has 20 heavy (non-hydrogen) atoms. The van der Waals surface area contributed by atoms with Crippen LogP contribution in [0.15, 0.2) is 0 Å². The Bertz CT molecular complexity index is 527. The van der Waals surface area contributed by atoms with Crippen molar-refractivity contribution in [2.75, 3.05) is 45.6 Å². The average molecular weight is 327 g/mol. The smallest absolute Gasteiger partial charge is 0.279 e. The summed E-state index contributed by atoms with van der Waals surface area (Å²) < 4.78 is 57.8. The Morgan fingerprint density at radius 1 is 1.05 bits per heavy atom. The van der Waals surface area contributed by atoms with E-state index in [0.29, 0.717) is 45.7 Å². The molecular formula is C10H21N3O5S2. The lowest BCUT2D eigenvalue weighted by molar-refractivity contribution is 0.0721. The summed E-state index contributed by atoms with van der Waals surface area (Å²) in [5, 5.41) is 0. The van der Waals surface area contributed by atoms with Crippen LogP contribution in [-0.4, -0.2) is 77.1 Å². The first-order valence-corrected chi connectivity index (χ1v) is 9.88. The maximum Gasteiger partial charge on any atom is 0.279 e. The third-order valence-corrected chi connectivity index (χ3v) is 6.42. The largest absolute Gasteiger partial charge is 0.379 e. The van der Waals surface area contributed by atoms with Crippen molar-refractivity contribution >= 4 is 20.2 Å². The molecule has 2 aliphatic rings. The van der Waals surface area contributed by atoms with Crippen molar-refractivity contribution in [3.05, 3.63) is 0 Å². The molecule has 1 N–H and O–H groups in total. The molecule has 2 rings (SSSR count). The molecule has 0 aromatic rings. The minimum absolute atomic E-state index is 0.197. The normalized spacial score (nSPS) is 27.6. The highest BCUT2D eigenvalue weighted by molar-refractivity contribution is 7.88. The van der Waals surface area contributed by atoms with Crippen molar-refractivity contribution in [1.29, 1.82) is 0 Å². The fourth-order valence-electron chi connectivity index (χ4n) is 2.41. The Morgan fingerprint density at radius 3 is 2.30 bits per heavy atom. The van der Waals surface area contributed by atoms with E-state index in [1.807, 2.05) is 0 Å². The zero-order valence-electron chi connectivity index (χ0n) is 11.5. The van der Waals surface area contributed by atoms with Crippen molar-refractivity contribution < 1.29 is 21.6 Å². The molecule has 118 valence electrons. The third kappa shape index (κ3) is 4.12. The van der Waals surface area contributed by atoms with E-state index in [4.69, 9.17) is 4.74 Å². The van der Waals surface area contributed by atoms with Gasteiger partial charge in [-0.3, -0.25) is 0 Å². The second-order valence-electron chi connectivity index (χ2n) is 5.09. The van der Waals surface area contributed by atoms with Crippen LogP contribution in [0.4, 0.5) is 0 Å². The molecule has 2 aliphatic heterocycles. The van der Waals surface area contributed by atoms with Crippen molar-refractivity contribution in [1.82, 2.24) is 13.3 Å². The predicted octanol–water partition coefficient (Wildman–Crippen LogP) is -1.42. The minimum Gasteiger partial charge on any atom is -0.379 e. The topological polar surface area (TPSA) is 96.0 Å². The molecule has 1 atom stereocenters. The van der Waals surface area contributed by atoms with Crippen molar-refractivity contribution in [3.8, 4) is 0 Å². The second-order valence-corrected chi connectivity index (χ2v) is 8.78. The number of hydrogen-bond acceptors (Lipinski definition) is 5. The SMILES string of the molecule is CS(=O)(=O)N1CCCC(NS(=O)(=O)N2CCOCC2)C1. The minimum atomic E-state index is -3.57. The van der Waals surface area contributed by atoms with Gasteiger partial charge in [0.25, 0.3) is 10.2 Å². The lowest BCUT2D eigenvalue weighted by Gasteiger charge is -2.33. The highest BCUT2D eigenvalue weighted by Gasteiger charge is 2.31. The molecule has 0 aliphatic carbocycles. The van der Waals surface area contributed by atoms with Gasteiger partial charge in [0.05, 0.1) is 19.5 Å². The van der Waals surface area contributed by atoms with Gasteiger partial charge in [-0.1, -0.05) is 0 Å². The Labute approximate surface area is 120 Å². The first kappa shape index (κ1) is 16.1. The number of nitrogens with one attached hydrogen (secondary N) is 1. The molecule has 0 spiro atoms. The number of sulfonamides is 1. The van der Waals surface area contributed by atoms with Crippen LogP contribution >= 0.6 is 0 Å². The Hall–Kier alpha value is -0.260. The standard InChI is InChI=1S/C10H21N3O5S2/c1-19(14,15)13-4-2-3-10(9-13)11-20(16,17)12-5-7-18-8-6-12/h10-11H,2-9H2,1H3. The molecule has 0 saturated carbocycles. The molecule has 0 radical (unpaired) electrons. The van der Waals surface area contributed by atoms with E-state index in [2.05, 4.69) is 4.72 Å². The monoisotopic (exact) mass is 327 g/mol. The van der Waals surface area contributed by atoms with E-state index < -0.39 is 20.2 Å². The van der Waals surface area contributed by atoms with Gasteiger partial charge in [-0.25, -0.2) is 12.7 Å². The van der Waals surface area contributed by atoms with Crippen LogP contribution in [-0.2, 0) is 25.0 Å². The first-order chi connectivity index (χ1) is 9.29. The maximum absolute atomic E-state index is 12.2. The van der Waals surface area contributed by atoms with E-state index in [9.17, 15) is 16.8 Å². The van der Waals surface area contributed by atoms with E-state index in [0.717, 1.165) is 6.26 Å². The van der Waals surface area contributed by atoms with Gasteiger partial charge in [-0.2, -0.15) is 17.4 Å². The molecular weight excluding hydrogens is 306 g/mol. The van der Waals surface area contributed by atoms with Gasteiger partial charge in [0.2, 0.25) is 10.0 Å². The van der Waals surface area contributed by atoms with Gasteiger partial charge in [-0.15, -0.1) is 0 Å². The van der Waals surface area contributed by atoms with Gasteiger partial charge in [0.1, 0.15) is 0 Å². The van der Waals surface area contributed by atoms with Crippen LogP contribution < -0.4 is 4.72 Å². The van der Waals surface area contributed by atoms with Gasteiger partial charge in [-0.05, 0) is 12.8 Å². The number of rotatable bonds is 4. The van der Waals surface area contributed by atoms with Gasteiger partial charge in [0, 0.05) is 32.2 Å². The third-order valence-electron chi connectivity index (χ3n) is 3.48. The van der Waals surface area contributed by atoms with E-state index >= 15 is 0 Å². The van der Waals surface area contributed by atoms with Crippen LogP contribution in [0.3, 0.4) is 0 Å². The van der Waals surface area contributed by atoms with Gasteiger partial charge < -0.3 is 4.74 Å². The number of hydrogen-bond donors (Lipinski definition) is 1. The van der Waals surface area contributed by atoms with Crippen LogP contribution in [0.2, 0.25) is 0 Å². The summed E-state index contributed by atoms with van der Waals surface area (Å²) in [4.78, 5) is 0. The zero-order chi connectivity index (χ0) is 14.8. The van der Waals surface area contributed by atoms with E-state index in [-0.39, 0.29) is 12.6 Å². The molecule has 10 heteroatoms. The Balaban J connectivity index is 1.98. The van der Waals surface area contributed by atoms with Gasteiger partial charge in [0.15, 0.2) is 0 Å². The summed E-state index contributed by atoms with van der Waals surface area (Å²) in [6.45, 7) is 2.09. The van der Waals surface area contributed by atoms with Crippen LogP contribution in [0.25, 0.3) is 0 Å². The van der Waals surface area contributed by atoms with Crippen molar-refractivity contribution in [3.63, 3.8) is 0 Å². The van der Waals surface area contributed by atoms with Crippen LogP contribution in [0.5, 0.6) is 0 Å². The summed E-state index contributed by atoms with van der Waals surface area (Å²) in [5.41, 5.74) is 0. The fraction of sp³-hybridized carbons (Fsp3) is 1.00. The molecule has 1 unspecified atom stereocenters. The number of morpholine rings is 1. The Kier molecular flexibility index (Phi) is 5.03. The summed E-state index contributed by atoms with van der Waals surface area (Å²) in [7, 11) is -6.84. The highest BCUT2D eigenvalue weighted by Crippen LogP contribution is 2.15. The van der Waals surface area contributed by atoms with Crippen molar-refractivity contribution in [2.24, 2.45) is 0 Å². The summed E-state index contributed by atoms with van der Waals surface area (Å²) in [6, 6.07) is -0.369.